The van der Waals surface area contributed by atoms with E-state index in [2.05, 4.69) is 11.8 Å². The number of carbonyl (C=O) groups excluding carboxylic acids is 2. The SMILES string of the molecule is CCCCCOc1cccc(C2/C(=C(\O)c3ccc(Cl)cc3)C(=O)C(=O)N2CCCN2CCOCC2)c1. The minimum atomic E-state index is -0.709. The number of benzene rings is 2. The van der Waals surface area contributed by atoms with Crippen LogP contribution in [0.1, 0.15) is 49.8 Å². The molecule has 37 heavy (non-hydrogen) atoms. The molecule has 4 rings (SSSR count). The van der Waals surface area contributed by atoms with Crippen molar-refractivity contribution in [3.63, 3.8) is 0 Å². The highest BCUT2D eigenvalue weighted by molar-refractivity contribution is 6.46. The van der Waals surface area contributed by atoms with Crippen molar-refractivity contribution in [2.45, 2.75) is 38.6 Å². The summed E-state index contributed by atoms with van der Waals surface area (Å²) in [5, 5.41) is 11.7. The first-order chi connectivity index (χ1) is 18.0. The number of rotatable bonds is 11. The van der Waals surface area contributed by atoms with Crippen LogP contribution in [0.15, 0.2) is 54.1 Å². The molecule has 1 amide bonds. The van der Waals surface area contributed by atoms with E-state index < -0.39 is 17.7 Å². The molecule has 2 aliphatic heterocycles. The van der Waals surface area contributed by atoms with Gasteiger partial charge in [-0.25, -0.2) is 0 Å². The van der Waals surface area contributed by atoms with Gasteiger partial charge >= 0.3 is 0 Å². The van der Waals surface area contributed by atoms with Crippen molar-refractivity contribution < 1.29 is 24.2 Å². The molecule has 0 saturated carbocycles. The van der Waals surface area contributed by atoms with E-state index in [0.717, 1.165) is 44.5 Å². The van der Waals surface area contributed by atoms with Crippen LogP contribution in [-0.4, -0.2) is 72.6 Å². The van der Waals surface area contributed by atoms with Gasteiger partial charge in [-0.2, -0.15) is 0 Å². The monoisotopic (exact) mass is 526 g/mol. The van der Waals surface area contributed by atoms with Gasteiger partial charge in [-0.1, -0.05) is 43.5 Å². The third-order valence-electron chi connectivity index (χ3n) is 6.83. The van der Waals surface area contributed by atoms with E-state index in [-0.39, 0.29) is 11.3 Å². The van der Waals surface area contributed by atoms with Crippen LogP contribution >= 0.6 is 11.6 Å². The van der Waals surface area contributed by atoms with Crippen LogP contribution in [-0.2, 0) is 14.3 Å². The van der Waals surface area contributed by atoms with Gasteiger partial charge in [0.05, 0.1) is 31.4 Å². The maximum atomic E-state index is 13.3. The molecule has 0 bridgehead atoms. The van der Waals surface area contributed by atoms with Gasteiger partial charge in [0.1, 0.15) is 11.5 Å². The fraction of sp³-hybridized carbons (Fsp3) is 0.448. The lowest BCUT2D eigenvalue weighted by molar-refractivity contribution is -0.140. The first-order valence-corrected chi connectivity index (χ1v) is 13.4. The first-order valence-electron chi connectivity index (χ1n) is 13.1. The summed E-state index contributed by atoms with van der Waals surface area (Å²) in [5.41, 5.74) is 1.25. The van der Waals surface area contributed by atoms with Crippen LogP contribution in [0.3, 0.4) is 0 Å². The summed E-state index contributed by atoms with van der Waals surface area (Å²) in [7, 11) is 0. The molecule has 0 radical (unpaired) electrons. The van der Waals surface area contributed by atoms with Gasteiger partial charge in [-0.3, -0.25) is 14.5 Å². The third-order valence-corrected chi connectivity index (χ3v) is 7.08. The summed E-state index contributed by atoms with van der Waals surface area (Å²) in [6.45, 7) is 7.06. The Bertz CT molecular complexity index is 1110. The number of ketones is 1. The number of unbranched alkanes of at least 4 members (excludes halogenated alkanes) is 2. The number of ether oxygens (including phenoxy) is 2. The maximum absolute atomic E-state index is 13.3. The van der Waals surface area contributed by atoms with Crippen molar-refractivity contribution in [3.05, 3.63) is 70.3 Å². The summed E-state index contributed by atoms with van der Waals surface area (Å²) >= 11 is 6.02. The van der Waals surface area contributed by atoms with E-state index in [1.54, 1.807) is 29.2 Å². The average Bonchev–Trinajstić information content (AvgIpc) is 3.17. The van der Waals surface area contributed by atoms with Gasteiger partial charge in [-0.05, 0) is 54.8 Å². The highest BCUT2D eigenvalue weighted by Crippen LogP contribution is 2.40. The van der Waals surface area contributed by atoms with Crippen LogP contribution < -0.4 is 4.74 Å². The van der Waals surface area contributed by atoms with Crippen molar-refractivity contribution in [2.75, 3.05) is 46.0 Å². The van der Waals surface area contributed by atoms with Crippen molar-refractivity contribution in [2.24, 2.45) is 0 Å². The predicted molar refractivity (Wildman–Crippen MR) is 144 cm³/mol. The number of likely N-dealkylation sites (tertiary alicyclic amines) is 1. The summed E-state index contributed by atoms with van der Waals surface area (Å²) < 4.78 is 11.4. The molecular weight excluding hydrogens is 492 g/mol. The molecule has 0 aromatic heterocycles. The molecule has 7 nitrogen and oxygen atoms in total. The topological polar surface area (TPSA) is 79.3 Å². The van der Waals surface area contributed by atoms with Gasteiger partial charge < -0.3 is 19.5 Å². The molecule has 0 aliphatic carbocycles. The highest BCUT2D eigenvalue weighted by Gasteiger charge is 2.46. The highest BCUT2D eigenvalue weighted by atomic mass is 35.5. The molecule has 198 valence electrons. The Morgan fingerprint density at radius 2 is 1.81 bits per heavy atom. The Balaban J connectivity index is 1.64. The summed E-state index contributed by atoms with van der Waals surface area (Å²) in [4.78, 5) is 30.4. The van der Waals surface area contributed by atoms with Crippen molar-refractivity contribution >= 4 is 29.1 Å². The number of aliphatic hydroxyl groups is 1. The third kappa shape index (κ3) is 6.72. The van der Waals surface area contributed by atoms with Gasteiger partial charge in [-0.15, -0.1) is 0 Å². The lowest BCUT2D eigenvalue weighted by Crippen LogP contribution is -2.38. The average molecular weight is 527 g/mol. The van der Waals surface area contributed by atoms with Crippen molar-refractivity contribution in [3.8, 4) is 5.75 Å². The zero-order valence-corrected chi connectivity index (χ0v) is 22.1. The van der Waals surface area contributed by atoms with Crippen LogP contribution in [0.5, 0.6) is 5.75 Å². The summed E-state index contributed by atoms with van der Waals surface area (Å²) in [6.07, 6.45) is 3.85. The molecule has 2 saturated heterocycles. The quantitative estimate of drug-likeness (QED) is 0.191. The number of nitrogens with zero attached hydrogens (tertiary/aromatic N) is 2. The van der Waals surface area contributed by atoms with E-state index in [9.17, 15) is 14.7 Å². The zero-order chi connectivity index (χ0) is 26.2. The standard InChI is InChI=1S/C29H35ClN2O5/c1-2-3-4-17-37-24-8-5-7-22(20-24)26-25(27(33)21-9-11-23(30)12-10-21)28(34)29(35)32(26)14-6-13-31-15-18-36-19-16-31/h5,7-12,20,26,33H,2-4,6,13-19H2,1H3/b27-25+. The zero-order valence-electron chi connectivity index (χ0n) is 21.3. The summed E-state index contributed by atoms with van der Waals surface area (Å²) in [5.74, 6) is -0.807. The fourth-order valence-corrected chi connectivity index (χ4v) is 4.95. The van der Waals surface area contributed by atoms with Crippen LogP contribution in [0, 0.1) is 0 Å². The van der Waals surface area contributed by atoms with E-state index in [1.165, 1.54) is 0 Å². The Morgan fingerprint density at radius 1 is 1.05 bits per heavy atom. The largest absolute Gasteiger partial charge is 0.507 e. The molecule has 2 heterocycles. The molecule has 2 aliphatic rings. The van der Waals surface area contributed by atoms with E-state index in [4.69, 9.17) is 21.1 Å². The molecule has 2 fully saturated rings. The number of halogens is 1. The van der Waals surface area contributed by atoms with Crippen LogP contribution in [0.25, 0.3) is 5.76 Å². The number of hydrogen-bond acceptors (Lipinski definition) is 6. The number of morpholine rings is 1. The molecule has 1 atom stereocenters. The second-order valence-electron chi connectivity index (χ2n) is 9.44. The Labute approximate surface area is 223 Å². The second kappa shape index (κ2) is 13.1. The molecule has 2 aromatic carbocycles. The normalized spacial score (nSPS) is 19.9. The minimum absolute atomic E-state index is 0.0850. The predicted octanol–water partition coefficient (Wildman–Crippen LogP) is 5.05. The first kappa shape index (κ1) is 27.2. The number of aliphatic hydroxyl groups excluding tert-OH is 1. The molecule has 1 unspecified atom stereocenters. The minimum Gasteiger partial charge on any atom is -0.507 e. The van der Waals surface area contributed by atoms with Gasteiger partial charge in [0.25, 0.3) is 11.7 Å². The molecular formula is C29H35ClN2O5. The van der Waals surface area contributed by atoms with E-state index in [1.807, 2.05) is 24.3 Å². The number of Topliss-reactive ketones (excluding diaryl/α,β-unsaturated/α-hetero) is 1. The number of hydrogen-bond donors (Lipinski definition) is 1. The smallest absolute Gasteiger partial charge is 0.295 e. The lowest BCUT2D eigenvalue weighted by Gasteiger charge is -2.29. The molecule has 2 aromatic rings. The maximum Gasteiger partial charge on any atom is 0.295 e. The second-order valence-corrected chi connectivity index (χ2v) is 9.87. The van der Waals surface area contributed by atoms with Gasteiger partial charge in [0, 0.05) is 36.8 Å². The van der Waals surface area contributed by atoms with Gasteiger partial charge in [0.15, 0.2) is 0 Å². The molecule has 8 heteroatoms. The van der Waals surface area contributed by atoms with Crippen molar-refractivity contribution in [1.29, 1.82) is 0 Å². The molecule has 1 N–H and O–H groups in total. The number of amides is 1. The van der Waals surface area contributed by atoms with E-state index >= 15 is 0 Å². The Kier molecular flexibility index (Phi) is 9.61. The van der Waals surface area contributed by atoms with Crippen molar-refractivity contribution in [1.82, 2.24) is 9.80 Å². The van der Waals surface area contributed by atoms with Crippen LogP contribution in [0.4, 0.5) is 0 Å². The van der Waals surface area contributed by atoms with E-state index in [0.29, 0.717) is 49.1 Å². The summed E-state index contributed by atoms with van der Waals surface area (Å²) in [6, 6.07) is 13.4. The fourth-order valence-electron chi connectivity index (χ4n) is 4.83. The Morgan fingerprint density at radius 3 is 2.54 bits per heavy atom. The lowest BCUT2D eigenvalue weighted by atomic mass is 9.95. The van der Waals surface area contributed by atoms with Gasteiger partial charge in [0.2, 0.25) is 0 Å². The molecule has 0 spiro atoms. The number of carbonyl (C=O) groups is 2. The van der Waals surface area contributed by atoms with Crippen LogP contribution in [0.2, 0.25) is 5.02 Å². The Hall–Kier alpha value is -2.87.